The monoisotopic (exact) mass is 240 g/mol. The Morgan fingerprint density at radius 3 is 2.47 bits per heavy atom. The summed E-state index contributed by atoms with van der Waals surface area (Å²) in [6.45, 7) is 0. The zero-order valence-electron chi connectivity index (χ0n) is 7.50. The number of rotatable bonds is 1. The third-order valence-electron chi connectivity index (χ3n) is 1.95. The molecule has 1 aromatic heterocycles. The van der Waals surface area contributed by atoms with Crippen LogP contribution < -0.4 is 5.56 Å². The molecule has 1 N–H and O–H groups in total. The van der Waals surface area contributed by atoms with Gasteiger partial charge >= 0.3 is 0 Å². The maximum absolute atomic E-state index is 11.2. The molecule has 0 spiro atoms. The normalized spacial score (nSPS) is 10.3. The quantitative estimate of drug-likeness (QED) is 0.834. The lowest BCUT2D eigenvalue weighted by Gasteiger charge is -2.02. The number of hydrogen-bond acceptors (Lipinski definition) is 2. The van der Waals surface area contributed by atoms with Crippen LogP contribution in [0.4, 0.5) is 0 Å². The molecule has 0 fully saturated rings. The molecule has 15 heavy (non-hydrogen) atoms. The second-order valence-electron chi connectivity index (χ2n) is 2.93. The van der Waals surface area contributed by atoms with Crippen molar-refractivity contribution < 1.29 is 0 Å². The number of halogens is 2. The third kappa shape index (κ3) is 2.03. The minimum Gasteiger partial charge on any atom is -0.266 e. The number of aromatic amines is 1. The Labute approximate surface area is 95.7 Å². The zero-order chi connectivity index (χ0) is 10.8. The van der Waals surface area contributed by atoms with E-state index in [9.17, 15) is 4.79 Å². The fraction of sp³-hybridized carbons (Fsp3) is 0. The fourth-order valence-corrected chi connectivity index (χ4v) is 1.54. The predicted octanol–water partition coefficient (Wildman–Crippen LogP) is 2.74. The van der Waals surface area contributed by atoms with Gasteiger partial charge in [-0.25, -0.2) is 5.10 Å². The van der Waals surface area contributed by atoms with Crippen molar-refractivity contribution in [1.82, 2.24) is 10.2 Å². The van der Waals surface area contributed by atoms with E-state index in [0.29, 0.717) is 10.6 Å². The van der Waals surface area contributed by atoms with Gasteiger partial charge in [0.15, 0.2) is 0 Å². The van der Waals surface area contributed by atoms with E-state index in [1.165, 1.54) is 6.20 Å². The highest BCUT2D eigenvalue weighted by Gasteiger charge is 2.06. The topological polar surface area (TPSA) is 45.8 Å². The molecule has 0 bridgehead atoms. The van der Waals surface area contributed by atoms with Crippen LogP contribution in [0.2, 0.25) is 10.0 Å². The van der Waals surface area contributed by atoms with Crippen molar-refractivity contribution in [3.8, 4) is 11.1 Å². The highest BCUT2D eigenvalue weighted by molar-refractivity contribution is 6.33. The Balaban J connectivity index is 2.59. The van der Waals surface area contributed by atoms with Crippen molar-refractivity contribution in [2.45, 2.75) is 0 Å². The first-order chi connectivity index (χ1) is 7.18. The lowest BCUT2D eigenvalue weighted by atomic mass is 10.1. The molecule has 0 amide bonds. The number of hydrogen-bond donors (Lipinski definition) is 1. The average Bonchev–Trinajstić information content (AvgIpc) is 2.24. The summed E-state index contributed by atoms with van der Waals surface area (Å²) in [6.07, 6.45) is 1.51. The van der Waals surface area contributed by atoms with Crippen molar-refractivity contribution in [1.29, 1.82) is 0 Å². The number of nitrogens with zero attached hydrogens (tertiary/aromatic N) is 1. The number of H-pyrrole nitrogens is 1. The molecule has 1 aromatic carbocycles. The molecule has 0 atom stereocenters. The SMILES string of the molecule is O=c1[nH]ncc(-c2ccc(Cl)cc2)c1Cl. The summed E-state index contributed by atoms with van der Waals surface area (Å²) in [5.41, 5.74) is 1.00. The third-order valence-corrected chi connectivity index (χ3v) is 2.58. The lowest BCUT2D eigenvalue weighted by molar-refractivity contribution is 0.991. The van der Waals surface area contributed by atoms with Crippen molar-refractivity contribution in [2.24, 2.45) is 0 Å². The first-order valence-electron chi connectivity index (χ1n) is 4.17. The van der Waals surface area contributed by atoms with Gasteiger partial charge in [-0.05, 0) is 17.7 Å². The molecule has 5 heteroatoms. The average molecular weight is 241 g/mol. The maximum Gasteiger partial charge on any atom is 0.283 e. The first kappa shape index (κ1) is 10.2. The standard InChI is InChI=1S/C10H6Cl2N2O/c11-7-3-1-6(2-4-7)8-5-13-14-10(15)9(8)12/h1-5H,(H,14,15). The zero-order valence-corrected chi connectivity index (χ0v) is 9.01. The molecular weight excluding hydrogens is 235 g/mol. The summed E-state index contributed by atoms with van der Waals surface area (Å²) < 4.78 is 0. The summed E-state index contributed by atoms with van der Waals surface area (Å²) in [5, 5.41) is 6.71. The summed E-state index contributed by atoms with van der Waals surface area (Å²) >= 11 is 11.6. The van der Waals surface area contributed by atoms with Crippen LogP contribution in [0.25, 0.3) is 11.1 Å². The second-order valence-corrected chi connectivity index (χ2v) is 3.75. The smallest absolute Gasteiger partial charge is 0.266 e. The van der Waals surface area contributed by atoms with Gasteiger partial charge in [0.05, 0.1) is 6.20 Å². The number of aromatic nitrogens is 2. The van der Waals surface area contributed by atoms with E-state index in [2.05, 4.69) is 10.2 Å². The van der Waals surface area contributed by atoms with Crippen molar-refractivity contribution >= 4 is 23.2 Å². The first-order valence-corrected chi connectivity index (χ1v) is 4.93. The molecule has 2 aromatic rings. The van der Waals surface area contributed by atoms with E-state index in [1.54, 1.807) is 24.3 Å². The van der Waals surface area contributed by atoms with E-state index >= 15 is 0 Å². The van der Waals surface area contributed by atoms with E-state index < -0.39 is 5.56 Å². The molecule has 3 nitrogen and oxygen atoms in total. The highest BCUT2D eigenvalue weighted by atomic mass is 35.5. The molecular formula is C10H6Cl2N2O. The van der Waals surface area contributed by atoms with Gasteiger partial charge in [0.25, 0.3) is 5.56 Å². The van der Waals surface area contributed by atoms with Crippen LogP contribution >= 0.6 is 23.2 Å². The minimum atomic E-state index is -0.399. The van der Waals surface area contributed by atoms with E-state index in [1.807, 2.05) is 0 Å². The Morgan fingerprint density at radius 1 is 1.13 bits per heavy atom. The number of benzene rings is 1. The number of nitrogens with one attached hydrogen (secondary N) is 1. The summed E-state index contributed by atoms with van der Waals surface area (Å²) in [6, 6.07) is 7.03. The lowest BCUT2D eigenvalue weighted by Crippen LogP contribution is -2.08. The van der Waals surface area contributed by atoms with Crippen LogP contribution in [0, 0.1) is 0 Å². The molecule has 0 aliphatic heterocycles. The summed E-state index contributed by atoms with van der Waals surface area (Å²) in [7, 11) is 0. The van der Waals surface area contributed by atoms with E-state index in [4.69, 9.17) is 23.2 Å². The van der Waals surface area contributed by atoms with Crippen LogP contribution in [-0.2, 0) is 0 Å². The largest absolute Gasteiger partial charge is 0.283 e. The maximum atomic E-state index is 11.2. The fourth-order valence-electron chi connectivity index (χ4n) is 1.21. The van der Waals surface area contributed by atoms with Crippen molar-refractivity contribution in [2.75, 3.05) is 0 Å². The predicted molar refractivity (Wildman–Crippen MR) is 60.3 cm³/mol. The van der Waals surface area contributed by atoms with E-state index in [-0.39, 0.29) is 5.02 Å². The minimum absolute atomic E-state index is 0.132. The Kier molecular flexibility index (Phi) is 2.75. The molecule has 0 unspecified atom stereocenters. The molecule has 2 rings (SSSR count). The van der Waals surface area contributed by atoms with Gasteiger partial charge in [0.1, 0.15) is 5.02 Å². The Bertz CT molecular complexity index is 534. The van der Waals surface area contributed by atoms with Crippen LogP contribution in [0.3, 0.4) is 0 Å². The van der Waals surface area contributed by atoms with Gasteiger partial charge in [0, 0.05) is 10.6 Å². The second kappa shape index (κ2) is 4.04. The molecule has 0 aliphatic carbocycles. The summed E-state index contributed by atoms with van der Waals surface area (Å²) in [5.74, 6) is 0. The molecule has 0 aliphatic rings. The Morgan fingerprint density at radius 2 is 1.80 bits per heavy atom. The van der Waals surface area contributed by atoms with Gasteiger partial charge in [-0.1, -0.05) is 35.3 Å². The van der Waals surface area contributed by atoms with Crippen molar-refractivity contribution in [3.63, 3.8) is 0 Å². The van der Waals surface area contributed by atoms with Gasteiger partial charge < -0.3 is 0 Å². The summed E-state index contributed by atoms with van der Waals surface area (Å²) in [4.78, 5) is 11.2. The van der Waals surface area contributed by atoms with Gasteiger partial charge in [-0.3, -0.25) is 4.79 Å². The van der Waals surface area contributed by atoms with Gasteiger partial charge in [0.2, 0.25) is 0 Å². The molecule has 76 valence electrons. The molecule has 1 heterocycles. The highest BCUT2D eigenvalue weighted by Crippen LogP contribution is 2.24. The van der Waals surface area contributed by atoms with Gasteiger partial charge in [-0.15, -0.1) is 0 Å². The van der Waals surface area contributed by atoms with Crippen molar-refractivity contribution in [3.05, 3.63) is 50.9 Å². The van der Waals surface area contributed by atoms with E-state index in [0.717, 1.165) is 5.56 Å². The van der Waals surface area contributed by atoms with Crippen LogP contribution in [0.1, 0.15) is 0 Å². The van der Waals surface area contributed by atoms with Crippen LogP contribution in [0.5, 0.6) is 0 Å². The Hall–Kier alpha value is -1.32. The molecule has 0 saturated heterocycles. The van der Waals surface area contributed by atoms with Gasteiger partial charge in [-0.2, -0.15) is 5.10 Å². The van der Waals surface area contributed by atoms with Crippen LogP contribution in [0.15, 0.2) is 35.3 Å². The van der Waals surface area contributed by atoms with Crippen LogP contribution in [-0.4, -0.2) is 10.2 Å². The molecule has 0 saturated carbocycles. The molecule has 0 radical (unpaired) electrons.